The Balaban J connectivity index is 2.06. The van der Waals surface area contributed by atoms with Gasteiger partial charge in [-0.25, -0.2) is 5.06 Å². The van der Waals surface area contributed by atoms with Crippen molar-refractivity contribution in [2.75, 3.05) is 7.11 Å². The SMILES string of the molecule is COC1CCC2(C=CC(=O)N2O)CC1. The molecular weight excluding hydrogens is 182 g/mol. The van der Waals surface area contributed by atoms with Crippen LogP contribution in [0.25, 0.3) is 0 Å². The molecule has 0 radical (unpaired) electrons. The van der Waals surface area contributed by atoms with Crippen molar-refractivity contribution >= 4 is 5.91 Å². The molecule has 0 atom stereocenters. The minimum absolute atomic E-state index is 0.276. The number of hydrogen-bond donors (Lipinski definition) is 1. The van der Waals surface area contributed by atoms with Crippen molar-refractivity contribution in [2.24, 2.45) is 0 Å². The third kappa shape index (κ3) is 1.35. The van der Waals surface area contributed by atoms with Crippen LogP contribution in [-0.2, 0) is 9.53 Å². The lowest BCUT2D eigenvalue weighted by Crippen LogP contribution is -2.47. The molecule has 78 valence electrons. The van der Waals surface area contributed by atoms with Crippen LogP contribution in [0.2, 0.25) is 0 Å². The Kier molecular flexibility index (Phi) is 2.33. The van der Waals surface area contributed by atoms with E-state index in [2.05, 4.69) is 0 Å². The predicted octanol–water partition coefficient (Wildman–Crippen LogP) is 1.10. The van der Waals surface area contributed by atoms with Crippen LogP contribution < -0.4 is 0 Å². The van der Waals surface area contributed by atoms with Gasteiger partial charge in [0.05, 0.1) is 11.6 Å². The number of methoxy groups -OCH3 is 1. The molecule has 0 aromatic carbocycles. The first-order chi connectivity index (χ1) is 6.68. The van der Waals surface area contributed by atoms with Crippen LogP contribution in [0, 0.1) is 0 Å². The van der Waals surface area contributed by atoms with Crippen molar-refractivity contribution in [2.45, 2.75) is 37.3 Å². The second-order valence-corrected chi connectivity index (χ2v) is 4.02. The lowest BCUT2D eigenvalue weighted by molar-refractivity contribution is -0.183. The number of hydroxylamine groups is 2. The van der Waals surface area contributed by atoms with Gasteiger partial charge in [0.15, 0.2) is 0 Å². The third-order valence-electron chi connectivity index (χ3n) is 3.30. The zero-order chi connectivity index (χ0) is 10.2. The van der Waals surface area contributed by atoms with Crippen LogP contribution in [0.4, 0.5) is 0 Å². The van der Waals surface area contributed by atoms with Crippen LogP contribution in [-0.4, -0.2) is 34.9 Å². The monoisotopic (exact) mass is 197 g/mol. The Bertz CT molecular complexity index is 267. The molecule has 2 aliphatic rings. The van der Waals surface area contributed by atoms with Crippen molar-refractivity contribution in [3.8, 4) is 0 Å². The van der Waals surface area contributed by atoms with Gasteiger partial charge in [-0.1, -0.05) is 6.08 Å². The van der Waals surface area contributed by atoms with Crippen LogP contribution in [0.3, 0.4) is 0 Å². The molecule has 4 heteroatoms. The van der Waals surface area contributed by atoms with E-state index >= 15 is 0 Å². The molecule has 1 aliphatic heterocycles. The lowest BCUT2D eigenvalue weighted by atomic mass is 9.81. The maximum Gasteiger partial charge on any atom is 0.270 e. The molecule has 1 fully saturated rings. The van der Waals surface area contributed by atoms with Crippen LogP contribution in [0.5, 0.6) is 0 Å². The van der Waals surface area contributed by atoms with E-state index < -0.39 is 5.54 Å². The number of hydrogen-bond acceptors (Lipinski definition) is 3. The molecular formula is C10H15NO3. The van der Waals surface area contributed by atoms with Crippen molar-refractivity contribution in [3.05, 3.63) is 12.2 Å². The molecule has 0 aromatic rings. The maximum atomic E-state index is 11.2. The Morgan fingerprint density at radius 2 is 2.21 bits per heavy atom. The fourth-order valence-electron chi connectivity index (χ4n) is 2.29. The standard InChI is InChI=1S/C10H15NO3/c1-14-8-2-5-10(6-3-8)7-4-9(12)11(10)13/h4,7-8,13H,2-3,5-6H2,1H3. The van der Waals surface area contributed by atoms with E-state index in [4.69, 9.17) is 4.74 Å². The molecule has 1 saturated carbocycles. The first-order valence-electron chi connectivity index (χ1n) is 4.93. The van der Waals surface area contributed by atoms with Crippen molar-refractivity contribution in [1.82, 2.24) is 5.06 Å². The first kappa shape index (κ1) is 9.68. The normalized spacial score (nSPS) is 37.1. The third-order valence-corrected chi connectivity index (χ3v) is 3.30. The molecule has 1 spiro atoms. The van der Waals surface area contributed by atoms with Gasteiger partial charge in [0.1, 0.15) is 0 Å². The van der Waals surface area contributed by atoms with E-state index in [1.165, 1.54) is 6.08 Å². The van der Waals surface area contributed by atoms with E-state index in [1.807, 2.05) is 6.08 Å². The summed E-state index contributed by atoms with van der Waals surface area (Å²) < 4.78 is 5.25. The van der Waals surface area contributed by atoms with Gasteiger partial charge < -0.3 is 4.74 Å². The Hall–Kier alpha value is -0.870. The minimum Gasteiger partial charge on any atom is -0.381 e. The smallest absolute Gasteiger partial charge is 0.270 e. The van der Waals surface area contributed by atoms with Crippen LogP contribution in [0.1, 0.15) is 25.7 Å². The number of carbonyl (C=O) groups excluding carboxylic acids is 1. The predicted molar refractivity (Wildman–Crippen MR) is 49.8 cm³/mol. The highest BCUT2D eigenvalue weighted by Crippen LogP contribution is 2.37. The minimum atomic E-state index is -0.438. The summed E-state index contributed by atoms with van der Waals surface area (Å²) in [6.07, 6.45) is 6.90. The number of rotatable bonds is 1. The van der Waals surface area contributed by atoms with Crippen molar-refractivity contribution < 1.29 is 14.7 Å². The Labute approximate surface area is 83.1 Å². The summed E-state index contributed by atoms with van der Waals surface area (Å²) in [4.78, 5) is 11.2. The molecule has 0 bridgehead atoms. The van der Waals surface area contributed by atoms with Crippen molar-refractivity contribution in [1.29, 1.82) is 0 Å². The highest BCUT2D eigenvalue weighted by molar-refractivity contribution is 5.90. The van der Waals surface area contributed by atoms with Crippen LogP contribution >= 0.6 is 0 Å². The van der Waals surface area contributed by atoms with E-state index in [0.29, 0.717) is 0 Å². The molecule has 4 nitrogen and oxygen atoms in total. The molecule has 0 saturated heterocycles. The zero-order valence-corrected chi connectivity index (χ0v) is 8.27. The Morgan fingerprint density at radius 1 is 1.57 bits per heavy atom. The second-order valence-electron chi connectivity index (χ2n) is 4.02. The van der Waals surface area contributed by atoms with Gasteiger partial charge in [-0.3, -0.25) is 10.0 Å². The largest absolute Gasteiger partial charge is 0.381 e. The summed E-state index contributed by atoms with van der Waals surface area (Å²) in [6.45, 7) is 0. The topological polar surface area (TPSA) is 49.8 Å². The average Bonchev–Trinajstić information content (AvgIpc) is 2.49. The lowest BCUT2D eigenvalue weighted by Gasteiger charge is -2.39. The highest BCUT2D eigenvalue weighted by atomic mass is 16.5. The highest BCUT2D eigenvalue weighted by Gasteiger charge is 2.43. The summed E-state index contributed by atoms with van der Waals surface area (Å²) in [5.41, 5.74) is -0.438. The molecule has 0 unspecified atom stereocenters. The van der Waals surface area contributed by atoms with Gasteiger partial charge in [-0.05, 0) is 25.7 Å². The average molecular weight is 197 g/mol. The van der Waals surface area contributed by atoms with Gasteiger partial charge in [0, 0.05) is 13.2 Å². The number of nitrogens with zero attached hydrogens (tertiary/aromatic N) is 1. The zero-order valence-electron chi connectivity index (χ0n) is 8.27. The van der Waals surface area contributed by atoms with Gasteiger partial charge >= 0.3 is 0 Å². The summed E-state index contributed by atoms with van der Waals surface area (Å²) in [6, 6.07) is 0. The summed E-state index contributed by atoms with van der Waals surface area (Å²) in [5.74, 6) is -0.305. The second kappa shape index (κ2) is 3.37. The molecule has 14 heavy (non-hydrogen) atoms. The number of carbonyl (C=O) groups is 1. The number of ether oxygens (including phenoxy) is 1. The van der Waals surface area contributed by atoms with Gasteiger partial charge in [0.25, 0.3) is 5.91 Å². The fraction of sp³-hybridized carbons (Fsp3) is 0.700. The van der Waals surface area contributed by atoms with Crippen LogP contribution in [0.15, 0.2) is 12.2 Å². The van der Waals surface area contributed by atoms with Gasteiger partial charge in [0.2, 0.25) is 0 Å². The molecule has 2 rings (SSSR count). The molecule has 1 amide bonds. The summed E-state index contributed by atoms with van der Waals surface area (Å²) in [5, 5.41) is 10.5. The molecule has 0 aromatic heterocycles. The number of amides is 1. The molecule has 1 aliphatic carbocycles. The molecule has 1 N–H and O–H groups in total. The van der Waals surface area contributed by atoms with Crippen molar-refractivity contribution in [3.63, 3.8) is 0 Å². The Morgan fingerprint density at radius 3 is 2.64 bits per heavy atom. The summed E-state index contributed by atoms with van der Waals surface area (Å²) in [7, 11) is 1.70. The maximum absolute atomic E-state index is 11.2. The molecule has 1 heterocycles. The first-order valence-corrected chi connectivity index (χ1v) is 4.93. The summed E-state index contributed by atoms with van der Waals surface area (Å²) >= 11 is 0. The quantitative estimate of drug-likeness (QED) is 0.640. The van der Waals surface area contributed by atoms with E-state index in [9.17, 15) is 10.0 Å². The van der Waals surface area contributed by atoms with E-state index in [-0.39, 0.29) is 12.0 Å². The van der Waals surface area contributed by atoms with E-state index in [0.717, 1.165) is 30.7 Å². The van der Waals surface area contributed by atoms with Gasteiger partial charge in [-0.2, -0.15) is 0 Å². The van der Waals surface area contributed by atoms with E-state index in [1.54, 1.807) is 7.11 Å². The van der Waals surface area contributed by atoms with Gasteiger partial charge in [-0.15, -0.1) is 0 Å². The fourth-order valence-corrected chi connectivity index (χ4v) is 2.29.